The van der Waals surface area contributed by atoms with Crippen molar-refractivity contribution in [2.45, 2.75) is 32.7 Å². The molecule has 1 N–H and O–H groups in total. The largest absolute Gasteiger partial charge is 0.315 e. The minimum absolute atomic E-state index is 0.0259. The van der Waals surface area contributed by atoms with Gasteiger partial charge < -0.3 is 5.32 Å². The highest BCUT2D eigenvalue weighted by molar-refractivity contribution is 7.14. The molecular formula is C25H24FN5OS. The number of fused-ring (bicyclic) bond motifs is 1. The molecule has 3 heterocycles. The van der Waals surface area contributed by atoms with Gasteiger partial charge in [0.25, 0.3) is 5.91 Å². The number of rotatable bonds is 4. The van der Waals surface area contributed by atoms with Crippen molar-refractivity contribution in [1.82, 2.24) is 20.5 Å². The number of piperidine rings is 1. The van der Waals surface area contributed by atoms with Crippen molar-refractivity contribution < 1.29 is 9.18 Å². The first-order chi connectivity index (χ1) is 16.0. The molecule has 4 aromatic rings. The highest BCUT2D eigenvalue weighted by atomic mass is 32.1. The molecule has 0 aliphatic carbocycles. The molecule has 0 saturated carbocycles. The summed E-state index contributed by atoms with van der Waals surface area (Å²) in [6.45, 7) is 5.41. The molecule has 1 aliphatic rings. The van der Waals surface area contributed by atoms with Gasteiger partial charge in [0.15, 0.2) is 0 Å². The number of carbonyl (C=O) groups is 1. The fourth-order valence-electron chi connectivity index (χ4n) is 4.42. The number of halogens is 1. The predicted octanol–water partition coefficient (Wildman–Crippen LogP) is 4.91. The van der Waals surface area contributed by atoms with Gasteiger partial charge in [-0.1, -0.05) is 35.6 Å². The van der Waals surface area contributed by atoms with Gasteiger partial charge in [0.2, 0.25) is 0 Å². The van der Waals surface area contributed by atoms with Crippen molar-refractivity contribution in [2.75, 3.05) is 18.0 Å². The van der Waals surface area contributed by atoms with E-state index in [2.05, 4.69) is 20.5 Å². The van der Waals surface area contributed by atoms with Crippen molar-refractivity contribution in [3.8, 4) is 10.6 Å². The Kier molecular flexibility index (Phi) is 5.86. The number of anilines is 1. The molecule has 33 heavy (non-hydrogen) atoms. The van der Waals surface area contributed by atoms with Crippen molar-refractivity contribution in [2.24, 2.45) is 0 Å². The van der Waals surface area contributed by atoms with E-state index in [1.807, 2.05) is 38.1 Å². The summed E-state index contributed by atoms with van der Waals surface area (Å²) in [5, 5.41) is 14.8. The number of aromatic nitrogens is 3. The molecule has 1 amide bonds. The monoisotopic (exact) mass is 461 g/mol. The summed E-state index contributed by atoms with van der Waals surface area (Å²) < 4.78 is 15.3. The van der Waals surface area contributed by atoms with Gasteiger partial charge >= 0.3 is 0 Å². The average Bonchev–Trinajstić information content (AvgIpc) is 3.26. The van der Waals surface area contributed by atoms with Gasteiger partial charge in [-0.15, -0.1) is 10.2 Å². The number of nitrogens with zero attached hydrogens (tertiary/aromatic N) is 4. The topological polar surface area (TPSA) is 71.0 Å². The maximum atomic E-state index is 15.3. The Morgan fingerprint density at radius 1 is 1.18 bits per heavy atom. The third kappa shape index (κ3) is 4.12. The summed E-state index contributed by atoms with van der Waals surface area (Å²) in [4.78, 5) is 20.2. The number of hydrogen-bond acceptors (Lipinski definition) is 6. The van der Waals surface area contributed by atoms with E-state index in [0.717, 1.165) is 40.7 Å². The van der Waals surface area contributed by atoms with E-state index < -0.39 is 5.82 Å². The van der Waals surface area contributed by atoms with Crippen LogP contribution < -0.4 is 10.2 Å². The Morgan fingerprint density at radius 3 is 2.79 bits per heavy atom. The van der Waals surface area contributed by atoms with E-state index in [-0.39, 0.29) is 17.5 Å². The van der Waals surface area contributed by atoms with E-state index in [9.17, 15) is 4.79 Å². The highest BCUT2D eigenvalue weighted by Gasteiger charge is 2.31. The van der Waals surface area contributed by atoms with Crippen LogP contribution in [-0.4, -0.2) is 40.2 Å². The minimum Gasteiger partial charge on any atom is -0.315 e. The normalized spacial score (nSPS) is 16.2. The van der Waals surface area contributed by atoms with Crippen LogP contribution in [0.15, 0.2) is 48.7 Å². The zero-order valence-corrected chi connectivity index (χ0v) is 19.3. The van der Waals surface area contributed by atoms with Crippen LogP contribution in [-0.2, 0) is 0 Å². The smallest absolute Gasteiger partial charge is 0.262 e. The molecule has 0 bridgehead atoms. The Balaban J connectivity index is 1.60. The van der Waals surface area contributed by atoms with Crippen molar-refractivity contribution >= 4 is 33.8 Å². The van der Waals surface area contributed by atoms with Gasteiger partial charge in [0.05, 0.1) is 11.6 Å². The van der Waals surface area contributed by atoms with E-state index in [0.29, 0.717) is 22.9 Å². The number of benzene rings is 2. The second-order valence-electron chi connectivity index (χ2n) is 8.30. The highest BCUT2D eigenvalue weighted by Crippen LogP contribution is 2.32. The van der Waals surface area contributed by atoms with Crippen LogP contribution >= 0.6 is 11.3 Å². The molecule has 0 radical (unpaired) electrons. The molecule has 168 valence electrons. The lowest BCUT2D eigenvalue weighted by Crippen LogP contribution is -2.49. The zero-order chi connectivity index (χ0) is 22.9. The summed E-state index contributed by atoms with van der Waals surface area (Å²) >= 11 is 1.39. The third-order valence-electron chi connectivity index (χ3n) is 6.04. The number of amides is 1. The fourth-order valence-corrected chi connectivity index (χ4v) is 5.11. The van der Waals surface area contributed by atoms with E-state index >= 15 is 4.39 Å². The lowest BCUT2D eigenvalue weighted by atomic mass is 10.0. The lowest BCUT2D eigenvalue weighted by Gasteiger charge is -2.35. The van der Waals surface area contributed by atoms with Crippen LogP contribution in [0.5, 0.6) is 0 Å². The summed E-state index contributed by atoms with van der Waals surface area (Å²) in [5.74, 6) is -0.381. The van der Waals surface area contributed by atoms with E-state index in [1.54, 1.807) is 23.2 Å². The lowest BCUT2D eigenvalue weighted by molar-refractivity contribution is 0.0968. The average molecular weight is 462 g/mol. The number of pyridine rings is 1. The van der Waals surface area contributed by atoms with Gasteiger partial charge in [-0.3, -0.25) is 9.69 Å². The van der Waals surface area contributed by atoms with Crippen LogP contribution in [0.25, 0.3) is 21.3 Å². The molecule has 2 aromatic carbocycles. The van der Waals surface area contributed by atoms with Gasteiger partial charge in [-0.2, -0.15) is 0 Å². The minimum atomic E-state index is -0.573. The first kappa shape index (κ1) is 21.6. The molecule has 0 spiro atoms. The molecule has 2 aromatic heterocycles. The summed E-state index contributed by atoms with van der Waals surface area (Å²) in [5.41, 5.74) is 1.66. The SMILES string of the molecule is Cc1nnc(-c2ccc(C(=O)N(c3nccc4cccc(C)c34)C3CCCNC3)c(F)c2)s1. The Labute approximate surface area is 195 Å². The van der Waals surface area contributed by atoms with Crippen molar-refractivity contribution in [1.29, 1.82) is 0 Å². The van der Waals surface area contributed by atoms with Crippen LogP contribution in [0.4, 0.5) is 10.2 Å². The molecular weight excluding hydrogens is 437 g/mol. The summed E-state index contributed by atoms with van der Waals surface area (Å²) in [6, 6.07) is 12.5. The molecule has 1 fully saturated rings. The molecule has 6 nitrogen and oxygen atoms in total. The Morgan fingerprint density at radius 2 is 2.06 bits per heavy atom. The van der Waals surface area contributed by atoms with E-state index in [4.69, 9.17) is 0 Å². The molecule has 1 saturated heterocycles. The molecule has 1 atom stereocenters. The predicted molar refractivity (Wildman–Crippen MR) is 129 cm³/mol. The first-order valence-electron chi connectivity index (χ1n) is 11.0. The first-order valence-corrected chi connectivity index (χ1v) is 11.8. The second kappa shape index (κ2) is 8.96. The maximum absolute atomic E-state index is 15.3. The van der Waals surface area contributed by atoms with Crippen molar-refractivity contribution in [3.63, 3.8) is 0 Å². The molecule has 5 rings (SSSR count). The standard InChI is InChI=1S/C25H24FN5OS/c1-15-5-3-6-17-10-12-28-23(22(15)17)31(19-7-4-11-27-14-19)25(32)20-9-8-18(13-21(20)26)24-30-29-16(2)33-24/h3,5-6,8-10,12-13,19,27H,4,7,11,14H2,1-2H3. The number of hydrogen-bond donors (Lipinski definition) is 1. The second-order valence-corrected chi connectivity index (χ2v) is 9.49. The van der Waals surface area contributed by atoms with Crippen LogP contribution in [0.3, 0.4) is 0 Å². The third-order valence-corrected chi connectivity index (χ3v) is 6.92. The van der Waals surface area contributed by atoms with Crippen molar-refractivity contribution in [3.05, 3.63) is 70.6 Å². The van der Waals surface area contributed by atoms with E-state index in [1.165, 1.54) is 17.4 Å². The molecule has 8 heteroatoms. The van der Waals surface area contributed by atoms with Gasteiger partial charge in [-0.05, 0) is 62.4 Å². The van der Waals surface area contributed by atoms with Crippen LogP contribution in [0, 0.1) is 19.7 Å². The molecule has 1 unspecified atom stereocenters. The number of nitrogens with one attached hydrogen (secondary N) is 1. The van der Waals surface area contributed by atoms with Gasteiger partial charge in [0, 0.05) is 23.7 Å². The maximum Gasteiger partial charge on any atom is 0.262 e. The quantitative estimate of drug-likeness (QED) is 0.468. The summed E-state index contributed by atoms with van der Waals surface area (Å²) in [7, 11) is 0. The number of aryl methyl sites for hydroxylation is 2. The van der Waals surface area contributed by atoms with Crippen LogP contribution in [0.1, 0.15) is 33.8 Å². The van der Waals surface area contributed by atoms with Gasteiger partial charge in [0.1, 0.15) is 21.7 Å². The van der Waals surface area contributed by atoms with Crippen LogP contribution in [0.2, 0.25) is 0 Å². The zero-order valence-electron chi connectivity index (χ0n) is 18.5. The summed E-state index contributed by atoms with van der Waals surface area (Å²) in [6.07, 6.45) is 3.48. The van der Waals surface area contributed by atoms with Gasteiger partial charge in [-0.25, -0.2) is 9.37 Å². The number of carbonyl (C=O) groups excluding carboxylic acids is 1. The molecule has 1 aliphatic heterocycles. The Bertz CT molecular complexity index is 1330. The fraction of sp³-hybridized carbons (Fsp3) is 0.280. The Hall–Kier alpha value is -3.23.